The second-order valence-electron chi connectivity index (χ2n) is 6.08. The molecule has 0 radical (unpaired) electrons. The summed E-state index contributed by atoms with van der Waals surface area (Å²) in [5, 5.41) is 2.93. The van der Waals surface area contributed by atoms with Crippen LogP contribution in [0.1, 0.15) is 56.3 Å². The summed E-state index contributed by atoms with van der Waals surface area (Å²) in [6.45, 7) is 5.62. The molecule has 1 aromatic carbocycles. The fourth-order valence-electron chi connectivity index (χ4n) is 2.87. The van der Waals surface area contributed by atoms with Crippen LogP contribution in [-0.2, 0) is 4.79 Å². The lowest BCUT2D eigenvalue weighted by atomic mass is 10.0. The number of amides is 2. The summed E-state index contributed by atoms with van der Waals surface area (Å²) in [5.41, 5.74) is 1.23. The van der Waals surface area contributed by atoms with Gasteiger partial charge >= 0.3 is 0 Å². The Balaban J connectivity index is 2.12. The molecular formula is C18H26N2O2. The van der Waals surface area contributed by atoms with E-state index in [0.717, 1.165) is 38.8 Å². The van der Waals surface area contributed by atoms with Gasteiger partial charge in [0.2, 0.25) is 5.91 Å². The average Bonchev–Trinajstić information content (AvgIpc) is 2.55. The number of nitrogens with one attached hydrogen (secondary N) is 1. The molecule has 1 heterocycles. The topological polar surface area (TPSA) is 49.4 Å². The molecule has 1 N–H and O–H groups in total. The van der Waals surface area contributed by atoms with E-state index in [-0.39, 0.29) is 17.7 Å². The van der Waals surface area contributed by atoms with Crippen LogP contribution in [0.2, 0.25) is 0 Å². The Labute approximate surface area is 132 Å². The molecular weight excluding hydrogens is 276 g/mol. The molecule has 1 fully saturated rings. The van der Waals surface area contributed by atoms with E-state index in [1.54, 1.807) is 6.07 Å². The third-order valence-electron chi connectivity index (χ3n) is 4.23. The van der Waals surface area contributed by atoms with Gasteiger partial charge < -0.3 is 10.2 Å². The Kier molecular flexibility index (Phi) is 5.99. The van der Waals surface area contributed by atoms with Crippen molar-refractivity contribution < 1.29 is 9.59 Å². The summed E-state index contributed by atoms with van der Waals surface area (Å²) in [6.07, 6.45) is 5.15. The van der Waals surface area contributed by atoms with Crippen LogP contribution in [-0.4, -0.2) is 29.8 Å². The number of carbonyl (C=O) groups is 2. The highest BCUT2D eigenvalue weighted by Gasteiger charge is 2.22. The summed E-state index contributed by atoms with van der Waals surface area (Å²) < 4.78 is 0. The quantitative estimate of drug-likeness (QED) is 0.902. The standard InChI is InChI=1S/C18H26N2O2/c1-3-9-14(2)17(21)19-16-11-6-5-10-15(16)18(22)20-12-7-4-8-13-20/h5-6,10-11,14H,3-4,7-9,12-13H2,1-2H3,(H,19,21). The summed E-state index contributed by atoms with van der Waals surface area (Å²) in [5.74, 6) is -0.0253. The maximum absolute atomic E-state index is 12.7. The Bertz CT molecular complexity index is 522. The minimum Gasteiger partial charge on any atom is -0.339 e. The van der Waals surface area contributed by atoms with Crippen molar-refractivity contribution in [2.45, 2.75) is 46.0 Å². The zero-order valence-corrected chi connectivity index (χ0v) is 13.6. The number of para-hydroxylation sites is 1. The van der Waals surface area contributed by atoms with Gasteiger partial charge in [0, 0.05) is 19.0 Å². The zero-order valence-electron chi connectivity index (χ0n) is 13.6. The number of carbonyl (C=O) groups excluding carboxylic acids is 2. The van der Waals surface area contributed by atoms with Gasteiger partial charge in [0.15, 0.2) is 0 Å². The second-order valence-corrected chi connectivity index (χ2v) is 6.08. The van der Waals surface area contributed by atoms with Crippen molar-refractivity contribution in [1.29, 1.82) is 0 Å². The van der Waals surface area contributed by atoms with E-state index < -0.39 is 0 Å². The van der Waals surface area contributed by atoms with Gasteiger partial charge in [-0.1, -0.05) is 32.4 Å². The molecule has 2 amide bonds. The predicted molar refractivity (Wildman–Crippen MR) is 88.9 cm³/mol. The third kappa shape index (κ3) is 4.09. The second kappa shape index (κ2) is 7.97. The van der Waals surface area contributed by atoms with Crippen molar-refractivity contribution in [1.82, 2.24) is 4.90 Å². The average molecular weight is 302 g/mol. The Hall–Kier alpha value is -1.84. The van der Waals surface area contributed by atoms with Crippen LogP contribution in [0.4, 0.5) is 5.69 Å². The van der Waals surface area contributed by atoms with Gasteiger partial charge in [-0.3, -0.25) is 9.59 Å². The number of hydrogen-bond donors (Lipinski definition) is 1. The van der Waals surface area contributed by atoms with E-state index in [0.29, 0.717) is 11.3 Å². The van der Waals surface area contributed by atoms with Crippen LogP contribution >= 0.6 is 0 Å². The molecule has 22 heavy (non-hydrogen) atoms. The Morgan fingerprint density at radius 3 is 2.55 bits per heavy atom. The SMILES string of the molecule is CCCC(C)C(=O)Nc1ccccc1C(=O)N1CCCCC1. The highest BCUT2D eigenvalue weighted by Crippen LogP contribution is 2.21. The predicted octanol–water partition coefficient (Wildman–Crippen LogP) is 3.69. The van der Waals surface area contributed by atoms with Crippen LogP contribution in [0.25, 0.3) is 0 Å². The molecule has 0 aromatic heterocycles. The smallest absolute Gasteiger partial charge is 0.255 e. The van der Waals surface area contributed by atoms with Crippen molar-refractivity contribution in [3.05, 3.63) is 29.8 Å². The fraction of sp³-hybridized carbons (Fsp3) is 0.556. The van der Waals surface area contributed by atoms with E-state index in [9.17, 15) is 9.59 Å². The van der Waals surface area contributed by atoms with Gasteiger partial charge in [-0.2, -0.15) is 0 Å². The largest absolute Gasteiger partial charge is 0.339 e. The minimum absolute atomic E-state index is 0.0132. The van der Waals surface area contributed by atoms with E-state index in [1.165, 1.54) is 6.42 Å². The number of hydrogen-bond acceptors (Lipinski definition) is 2. The monoisotopic (exact) mass is 302 g/mol. The molecule has 1 unspecified atom stereocenters. The third-order valence-corrected chi connectivity index (χ3v) is 4.23. The van der Waals surface area contributed by atoms with Crippen LogP contribution in [0.5, 0.6) is 0 Å². The first-order chi connectivity index (χ1) is 10.6. The highest BCUT2D eigenvalue weighted by molar-refractivity contribution is 6.04. The van der Waals surface area contributed by atoms with Crippen LogP contribution in [0.3, 0.4) is 0 Å². The zero-order chi connectivity index (χ0) is 15.9. The molecule has 1 aromatic rings. The van der Waals surface area contributed by atoms with Gasteiger partial charge in [0.05, 0.1) is 11.3 Å². The van der Waals surface area contributed by atoms with E-state index in [4.69, 9.17) is 0 Å². The molecule has 0 aliphatic carbocycles. The summed E-state index contributed by atoms with van der Waals surface area (Å²) in [7, 11) is 0. The Morgan fingerprint density at radius 2 is 1.86 bits per heavy atom. The van der Waals surface area contributed by atoms with E-state index >= 15 is 0 Å². The molecule has 1 atom stereocenters. The molecule has 1 saturated heterocycles. The van der Waals surface area contributed by atoms with Crippen molar-refractivity contribution in [2.75, 3.05) is 18.4 Å². The van der Waals surface area contributed by atoms with E-state index in [2.05, 4.69) is 12.2 Å². The number of rotatable bonds is 5. The number of piperidine rings is 1. The van der Waals surface area contributed by atoms with Crippen LogP contribution in [0.15, 0.2) is 24.3 Å². The van der Waals surface area contributed by atoms with Gasteiger partial charge in [-0.15, -0.1) is 0 Å². The number of anilines is 1. The van der Waals surface area contributed by atoms with E-state index in [1.807, 2.05) is 30.0 Å². The minimum atomic E-state index is -0.0388. The number of nitrogens with zero attached hydrogens (tertiary/aromatic N) is 1. The molecule has 1 aliphatic rings. The first kappa shape index (κ1) is 16.5. The lowest BCUT2D eigenvalue weighted by molar-refractivity contribution is -0.119. The first-order valence-electron chi connectivity index (χ1n) is 8.32. The lowest BCUT2D eigenvalue weighted by Gasteiger charge is -2.27. The molecule has 0 bridgehead atoms. The normalized spacial score (nSPS) is 16.2. The highest BCUT2D eigenvalue weighted by atomic mass is 16.2. The summed E-state index contributed by atoms with van der Waals surface area (Å²) >= 11 is 0. The van der Waals surface area contributed by atoms with Crippen molar-refractivity contribution >= 4 is 17.5 Å². The molecule has 4 heteroatoms. The van der Waals surface area contributed by atoms with Gasteiger partial charge in [0.1, 0.15) is 0 Å². The molecule has 1 aliphatic heterocycles. The van der Waals surface area contributed by atoms with Crippen molar-refractivity contribution in [3.8, 4) is 0 Å². The molecule has 120 valence electrons. The molecule has 0 spiro atoms. The first-order valence-corrected chi connectivity index (χ1v) is 8.32. The lowest BCUT2D eigenvalue weighted by Crippen LogP contribution is -2.36. The van der Waals surface area contributed by atoms with Gasteiger partial charge in [-0.25, -0.2) is 0 Å². The maximum Gasteiger partial charge on any atom is 0.255 e. The van der Waals surface area contributed by atoms with Crippen molar-refractivity contribution in [2.24, 2.45) is 5.92 Å². The fourth-order valence-corrected chi connectivity index (χ4v) is 2.87. The molecule has 4 nitrogen and oxygen atoms in total. The van der Waals surface area contributed by atoms with Gasteiger partial charge in [-0.05, 0) is 37.8 Å². The number of likely N-dealkylation sites (tertiary alicyclic amines) is 1. The Morgan fingerprint density at radius 1 is 1.18 bits per heavy atom. The summed E-state index contributed by atoms with van der Waals surface area (Å²) in [6, 6.07) is 7.32. The van der Waals surface area contributed by atoms with Crippen LogP contribution in [0, 0.1) is 5.92 Å². The maximum atomic E-state index is 12.7. The van der Waals surface area contributed by atoms with Crippen LogP contribution < -0.4 is 5.32 Å². The molecule has 0 saturated carbocycles. The summed E-state index contributed by atoms with van der Waals surface area (Å²) in [4.78, 5) is 26.8. The molecule has 2 rings (SSSR count). The number of benzene rings is 1. The van der Waals surface area contributed by atoms with Crippen molar-refractivity contribution in [3.63, 3.8) is 0 Å². The van der Waals surface area contributed by atoms with Gasteiger partial charge in [0.25, 0.3) is 5.91 Å².